The summed E-state index contributed by atoms with van der Waals surface area (Å²) in [6.07, 6.45) is -3.28. The summed E-state index contributed by atoms with van der Waals surface area (Å²) in [5.74, 6) is 0.903. The van der Waals surface area contributed by atoms with Crippen LogP contribution in [-0.4, -0.2) is 66.7 Å². The van der Waals surface area contributed by atoms with Crippen molar-refractivity contribution in [1.82, 2.24) is 19.3 Å². The normalized spacial score (nSPS) is 24.8. The number of aromatic nitrogens is 4. The van der Waals surface area contributed by atoms with E-state index in [4.69, 9.17) is 9.47 Å². The molecule has 1 aliphatic heterocycles. The zero-order chi connectivity index (χ0) is 20.0. The Bertz CT molecular complexity index is 1080. The molecule has 0 saturated carbocycles. The van der Waals surface area contributed by atoms with Crippen molar-refractivity contribution in [3.05, 3.63) is 46.6 Å². The Morgan fingerprint density at radius 3 is 2.68 bits per heavy atom. The zero-order valence-electron chi connectivity index (χ0n) is 15.3. The number of ether oxygens (including phenoxy) is 2. The molecule has 4 atom stereocenters. The molecule has 0 unspecified atom stereocenters. The molecule has 0 radical (unpaired) electrons. The first-order valence-corrected chi connectivity index (χ1v) is 8.70. The predicted octanol–water partition coefficient (Wildman–Crippen LogP) is -0.489. The second kappa shape index (κ2) is 6.99. The van der Waals surface area contributed by atoms with Crippen LogP contribution in [0.4, 0.5) is 0 Å². The van der Waals surface area contributed by atoms with Crippen LogP contribution in [0.5, 0.6) is 5.75 Å². The van der Waals surface area contributed by atoms with Crippen molar-refractivity contribution >= 4 is 11.0 Å². The number of benzene rings is 1. The number of nitrogens with zero attached hydrogens (tertiary/aromatic N) is 4. The van der Waals surface area contributed by atoms with Crippen LogP contribution in [0, 0.1) is 6.92 Å². The summed E-state index contributed by atoms with van der Waals surface area (Å²) in [5.41, 5.74) is 0.399. The minimum atomic E-state index is -1.32. The van der Waals surface area contributed by atoms with Crippen LogP contribution in [0.3, 0.4) is 0 Å². The van der Waals surface area contributed by atoms with Gasteiger partial charge in [0.15, 0.2) is 11.9 Å². The van der Waals surface area contributed by atoms with Gasteiger partial charge in [-0.3, -0.25) is 9.36 Å². The monoisotopic (exact) mass is 388 g/mol. The zero-order valence-corrected chi connectivity index (χ0v) is 15.3. The average Bonchev–Trinajstić information content (AvgIpc) is 3.23. The Kier molecular flexibility index (Phi) is 4.63. The van der Waals surface area contributed by atoms with Crippen molar-refractivity contribution in [1.29, 1.82) is 0 Å². The molecule has 0 spiro atoms. The quantitative estimate of drug-likeness (QED) is 0.546. The third-order valence-electron chi connectivity index (χ3n) is 4.88. The van der Waals surface area contributed by atoms with E-state index in [0.717, 1.165) is 0 Å². The molecule has 10 nitrogen and oxygen atoms in total. The molecule has 0 aliphatic carbocycles. The van der Waals surface area contributed by atoms with Crippen LogP contribution < -0.4 is 10.3 Å². The van der Waals surface area contributed by atoms with Gasteiger partial charge in [0.2, 0.25) is 0 Å². The molecule has 3 aromatic rings. The molecule has 2 aromatic heterocycles. The van der Waals surface area contributed by atoms with E-state index in [2.05, 4.69) is 10.1 Å². The van der Waals surface area contributed by atoms with Crippen LogP contribution in [0.15, 0.2) is 35.3 Å². The fourth-order valence-corrected chi connectivity index (χ4v) is 3.46. The van der Waals surface area contributed by atoms with Gasteiger partial charge in [0, 0.05) is 0 Å². The lowest BCUT2D eigenvalue weighted by molar-refractivity contribution is -0.0566. The van der Waals surface area contributed by atoms with Gasteiger partial charge < -0.3 is 24.8 Å². The largest absolute Gasteiger partial charge is 0.495 e. The fraction of sp³-hybridized carbons (Fsp3) is 0.389. The van der Waals surface area contributed by atoms with Crippen molar-refractivity contribution in [2.24, 2.45) is 0 Å². The standard InChI is InChI=1S/C18H20N4O6/c1-9-20-16-10(17(26)21(9)11-5-3-4-6-12(11)27-2)7-19-22(16)18-15(25)14(24)13(8-23)28-18/h3-7,13-15,18,23-25H,8H2,1-2H3/t13-,14+,15-,18+/m0/s1. The molecular weight excluding hydrogens is 368 g/mol. The Labute approximate surface area is 159 Å². The van der Waals surface area contributed by atoms with E-state index in [1.807, 2.05) is 0 Å². The van der Waals surface area contributed by atoms with E-state index < -0.39 is 31.1 Å². The summed E-state index contributed by atoms with van der Waals surface area (Å²) in [5, 5.41) is 33.9. The van der Waals surface area contributed by atoms with Gasteiger partial charge in [-0.25, -0.2) is 9.67 Å². The highest BCUT2D eigenvalue weighted by atomic mass is 16.6. The number of aliphatic hydroxyl groups is 3. The number of fused-ring (bicyclic) bond motifs is 1. The van der Waals surface area contributed by atoms with Gasteiger partial charge in [0.25, 0.3) is 5.56 Å². The van der Waals surface area contributed by atoms with E-state index in [0.29, 0.717) is 17.3 Å². The first-order valence-electron chi connectivity index (χ1n) is 8.70. The Morgan fingerprint density at radius 2 is 2.00 bits per heavy atom. The summed E-state index contributed by atoms with van der Waals surface area (Å²) in [7, 11) is 1.52. The van der Waals surface area contributed by atoms with Gasteiger partial charge in [-0.1, -0.05) is 12.1 Å². The van der Waals surface area contributed by atoms with Gasteiger partial charge in [-0.05, 0) is 19.1 Å². The molecule has 1 fully saturated rings. The number of hydrogen-bond acceptors (Lipinski definition) is 8. The summed E-state index contributed by atoms with van der Waals surface area (Å²) in [6.45, 7) is 1.21. The number of methoxy groups -OCH3 is 1. The molecule has 148 valence electrons. The second-order valence-corrected chi connectivity index (χ2v) is 6.53. The smallest absolute Gasteiger partial charge is 0.269 e. The lowest BCUT2D eigenvalue weighted by atomic mass is 10.1. The van der Waals surface area contributed by atoms with Gasteiger partial charge in [-0.15, -0.1) is 0 Å². The Balaban J connectivity index is 1.87. The average molecular weight is 388 g/mol. The van der Waals surface area contributed by atoms with Gasteiger partial charge in [0.1, 0.15) is 35.3 Å². The number of para-hydroxylation sites is 2. The SMILES string of the molecule is COc1ccccc1-n1c(C)nc2c(cnn2[C@@H]2O[C@@H](CO)[C@@H](O)[C@@H]2O)c1=O. The Morgan fingerprint density at radius 1 is 1.25 bits per heavy atom. The molecule has 28 heavy (non-hydrogen) atoms. The fourth-order valence-electron chi connectivity index (χ4n) is 3.46. The van der Waals surface area contributed by atoms with Crippen molar-refractivity contribution < 1.29 is 24.8 Å². The van der Waals surface area contributed by atoms with Crippen LogP contribution in [0.1, 0.15) is 12.1 Å². The topological polar surface area (TPSA) is 132 Å². The van der Waals surface area contributed by atoms with E-state index >= 15 is 0 Å². The maximum atomic E-state index is 13.1. The van der Waals surface area contributed by atoms with Crippen molar-refractivity contribution in [2.75, 3.05) is 13.7 Å². The highest BCUT2D eigenvalue weighted by Crippen LogP contribution is 2.31. The molecule has 4 rings (SSSR count). The molecule has 10 heteroatoms. The molecule has 3 heterocycles. The number of aryl methyl sites for hydroxylation is 1. The van der Waals surface area contributed by atoms with Crippen LogP contribution in [-0.2, 0) is 4.74 Å². The van der Waals surface area contributed by atoms with Gasteiger partial charge in [-0.2, -0.15) is 5.10 Å². The summed E-state index contributed by atoms with van der Waals surface area (Å²) < 4.78 is 13.5. The van der Waals surface area contributed by atoms with Crippen LogP contribution in [0.2, 0.25) is 0 Å². The predicted molar refractivity (Wildman–Crippen MR) is 97.4 cm³/mol. The molecule has 1 aliphatic rings. The number of hydrogen-bond donors (Lipinski definition) is 3. The minimum Gasteiger partial charge on any atom is -0.495 e. The van der Waals surface area contributed by atoms with E-state index in [1.165, 1.54) is 22.6 Å². The van der Waals surface area contributed by atoms with Crippen LogP contribution in [0.25, 0.3) is 16.7 Å². The highest BCUT2D eigenvalue weighted by Gasteiger charge is 2.44. The minimum absolute atomic E-state index is 0.212. The molecule has 3 N–H and O–H groups in total. The van der Waals surface area contributed by atoms with Gasteiger partial charge in [0.05, 0.1) is 25.6 Å². The van der Waals surface area contributed by atoms with Crippen molar-refractivity contribution in [3.8, 4) is 11.4 Å². The van der Waals surface area contributed by atoms with Crippen molar-refractivity contribution in [2.45, 2.75) is 31.5 Å². The summed E-state index contributed by atoms with van der Waals surface area (Å²) in [6, 6.07) is 7.08. The third-order valence-corrected chi connectivity index (χ3v) is 4.88. The molecule has 0 bridgehead atoms. The van der Waals surface area contributed by atoms with E-state index in [9.17, 15) is 20.1 Å². The number of aliphatic hydroxyl groups excluding tert-OH is 3. The molecular formula is C18H20N4O6. The van der Waals surface area contributed by atoms with Gasteiger partial charge >= 0.3 is 0 Å². The second-order valence-electron chi connectivity index (χ2n) is 6.53. The number of rotatable bonds is 4. The third kappa shape index (κ3) is 2.69. The Hall–Kier alpha value is -2.79. The maximum absolute atomic E-state index is 13.1. The van der Waals surface area contributed by atoms with Crippen molar-refractivity contribution in [3.63, 3.8) is 0 Å². The first-order chi connectivity index (χ1) is 13.5. The molecule has 0 amide bonds. The summed E-state index contributed by atoms with van der Waals surface area (Å²) in [4.78, 5) is 17.6. The van der Waals surface area contributed by atoms with E-state index in [1.54, 1.807) is 31.2 Å². The molecule has 1 saturated heterocycles. The highest BCUT2D eigenvalue weighted by molar-refractivity contribution is 5.74. The summed E-state index contributed by atoms with van der Waals surface area (Å²) >= 11 is 0. The molecule has 1 aromatic carbocycles. The van der Waals surface area contributed by atoms with E-state index in [-0.39, 0.29) is 16.6 Å². The van der Waals surface area contributed by atoms with Crippen LogP contribution >= 0.6 is 0 Å². The maximum Gasteiger partial charge on any atom is 0.269 e. The lowest BCUT2D eigenvalue weighted by Gasteiger charge is -2.17. The first kappa shape index (κ1) is 18.6. The lowest BCUT2D eigenvalue weighted by Crippen LogP contribution is -2.33.